The molecule has 0 aromatic heterocycles. The normalized spacial score (nSPS) is 34.3. The Morgan fingerprint density at radius 3 is 2.15 bits per heavy atom. The Balaban J connectivity index is 2.07. The summed E-state index contributed by atoms with van der Waals surface area (Å²) in [5.74, 6) is -4.58. The molecule has 0 spiro atoms. The van der Waals surface area contributed by atoms with Crippen LogP contribution in [0.1, 0.15) is 26.2 Å². The molecule has 5 atom stereocenters. The molecule has 0 radical (unpaired) electrons. The fourth-order valence-electron chi connectivity index (χ4n) is 3.11. The Hall–Kier alpha value is -0.690. The van der Waals surface area contributed by atoms with E-state index in [0.717, 1.165) is 6.42 Å². The molecule has 116 valence electrons. The zero-order valence-corrected chi connectivity index (χ0v) is 10.9. The standard InChI is InChI=1S/C13H17F5O2/c1-11(20,13(16,17)18)12(14,15)10(19)6-9-5-7-2-3-8(9)4-7/h2-3,7-10,19-20H,4-6H2,1H3. The van der Waals surface area contributed by atoms with Crippen LogP contribution in [0, 0.1) is 17.8 Å². The van der Waals surface area contributed by atoms with Gasteiger partial charge in [-0.25, -0.2) is 8.78 Å². The maximum absolute atomic E-state index is 13.7. The van der Waals surface area contributed by atoms with Crippen molar-refractivity contribution in [2.45, 2.75) is 50.0 Å². The first-order valence-corrected chi connectivity index (χ1v) is 6.50. The van der Waals surface area contributed by atoms with E-state index < -0.39 is 30.2 Å². The number of rotatable bonds is 4. The third-order valence-corrected chi connectivity index (χ3v) is 4.56. The molecule has 5 unspecified atom stereocenters. The number of aliphatic hydroxyl groups is 2. The average Bonchev–Trinajstić information content (AvgIpc) is 2.88. The minimum Gasteiger partial charge on any atom is -0.387 e. The summed E-state index contributed by atoms with van der Waals surface area (Å²) in [5, 5.41) is 18.6. The van der Waals surface area contributed by atoms with E-state index >= 15 is 0 Å². The zero-order valence-electron chi connectivity index (χ0n) is 10.9. The number of halogens is 5. The van der Waals surface area contributed by atoms with Crippen LogP contribution in [0.3, 0.4) is 0 Å². The number of allylic oxidation sites excluding steroid dienone is 2. The van der Waals surface area contributed by atoms with E-state index in [2.05, 4.69) is 0 Å². The summed E-state index contributed by atoms with van der Waals surface area (Å²) < 4.78 is 65.0. The van der Waals surface area contributed by atoms with Gasteiger partial charge in [-0.3, -0.25) is 0 Å². The highest BCUT2D eigenvalue weighted by atomic mass is 19.4. The Labute approximate surface area is 113 Å². The fourth-order valence-corrected chi connectivity index (χ4v) is 3.11. The number of fused-ring (bicyclic) bond motifs is 2. The maximum atomic E-state index is 13.7. The molecular weight excluding hydrogens is 283 g/mol. The monoisotopic (exact) mass is 300 g/mol. The van der Waals surface area contributed by atoms with Gasteiger partial charge < -0.3 is 10.2 Å². The lowest BCUT2D eigenvalue weighted by Gasteiger charge is -2.38. The Morgan fingerprint density at radius 1 is 1.15 bits per heavy atom. The van der Waals surface area contributed by atoms with E-state index in [4.69, 9.17) is 5.11 Å². The van der Waals surface area contributed by atoms with Crippen LogP contribution in [-0.2, 0) is 0 Å². The fraction of sp³-hybridized carbons (Fsp3) is 0.846. The quantitative estimate of drug-likeness (QED) is 0.619. The van der Waals surface area contributed by atoms with Crippen LogP contribution in [-0.4, -0.2) is 34.0 Å². The smallest absolute Gasteiger partial charge is 0.387 e. The summed E-state index contributed by atoms with van der Waals surface area (Å²) in [5.41, 5.74) is -4.24. The second-order valence-electron chi connectivity index (χ2n) is 5.98. The first-order chi connectivity index (χ1) is 8.97. The van der Waals surface area contributed by atoms with E-state index in [-0.39, 0.29) is 24.7 Å². The number of aliphatic hydroxyl groups excluding tert-OH is 1. The second kappa shape index (κ2) is 4.66. The van der Waals surface area contributed by atoms with E-state index in [0.29, 0.717) is 6.42 Å². The first-order valence-electron chi connectivity index (χ1n) is 6.50. The lowest BCUT2D eigenvalue weighted by molar-refractivity contribution is -0.343. The summed E-state index contributed by atoms with van der Waals surface area (Å²) in [6.07, 6.45) is -3.22. The zero-order chi connectivity index (χ0) is 15.3. The van der Waals surface area contributed by atoms with Gasteiger partial charge in [-0.1, -0.05) is 12.2 Å². The summed E-state index contributed by atoms with van der Waals surface area (Å²) in [6, 6.07) is 0. The topological polar surface area (TPSA) is 40.5 Å². The van der Waals surface area contributed by atoms with Crippen LogP contribution in [0.5, 0.6) is 0 Å². The number of hydrogen-bond acceptors (Lipinski definition) is 2. The summed E-state index contributed by atoms with van der Waals surface area (Å²) in [4.78, 5) is 0. The molecule has 2 aliphatic carbocycles. The molecule has 0 saturated heterocycles. The molecule has 0 amide bonds. The van der Waals surface area contributed by atoms with E-state index in [1.165, 1.54) is 0 Å². The SMILES string of the molecule is CC(O)(C(F)(F)F)C(F)(F)C(O)CC1CC2C=CC1C2. The van der Waals surface area contributed by atoms with Crippen LogP contribution in [0.25, 0.3) is 0 Å². The molecule has 2 N–H and O–H groups in total. The molecule has 2 bridgehead atoms. The van der Waals surface area contributed by atoms with Gasteiger partial charge in [-0.05, 0) is 43.9 Å². The van der Waals surface area contributed by atoms with Crippen LogP contribution < -0.4 is 0 Å². The van der Waals surface area contributed by atoms with Crippen LogP contribution in [0.2, 0.25) is 0 Å². The number of hydrogen-bond donors (Lipinski definition) is 2. The lowest BCUT2D eigenvalue weighted by atomic mass is 9.83. The van der Waals surface area contributed by atoms with Crippen molar-refractivity contribution in [1.82, 2.24) is 0 Å². The van der Waals surface area contributed by atoms with Crippen molar-refractivity contribution < 1.29 is 32.2 Å². The molecule has 7 heteroatoms. The molecule has 0 aromatic rings. The van der Waals surface area contributed by atoms with Gasteiger partial charge in [0.25, 0.3) is 0 Å². The Bertz CT molecular complexity index is 402. The highest BCUT2D eigenvalue weighted by molar-refractivity contribution is 5.11. The van der Waals surface area contributed by atoms with Crippen molar-refractivity contribution >= 4 is 0 Å². The van der Waals surface area contributed by atoms with Gasteiger partial charge in [0.1, 0.15) is 6.10 Å². The highest BCUT2D eigenvalue weighted by Gasteiger charge is 2.68. The third-order valence-electron chi connectivity index (χ3n) is 4.56. The van der Waals surface area contributed by atoms with Crippen molar-refractivity contribution in [3.05, 3.63) is 12.2 Å². The molecule has 2 aliphatic rings. The lowest BCUT2D eigenvalue weighted by Crippen LogP contribution is -2.61. The molecular formula is C13H17F5O2. The van der Waals surface area contributed by atoms with Crippen molar-refractivity contribution in [1.29, 1.82) is 0 Å². The van der Waals surface area contributed by atoms with E-state index in [9.17, 15) is 27.1 Å². The molecule has 2 rings (SSSR count). The summed E-state index contributed by atoms with van der Waals surface area (Å²) in [6.45, 7) is -0.00305. The molecule has 1 fully saturated rings. The van der Waals surface area contributed by atoms with Gasteiger partial charge in [0, 0.05) is 0 Å². The molecule has 0 aromatic carbocycles. The van der Waals surface area contributed by atoms with E-state index in [1.807, 2.05) is 12.2 Å². The predicted molar refractivity (Wildman–Crippen MR) is 61.1 cm³/mol. The van der Waals surface area contributed by atoms with Gasteiger partial charge in [0.2, 0.25) is 5.60 Å². The highest BCUT2D eigenvalue weighted by Crippen LogP contribution is 2.49. The van der Waals surface area contributed by atoms with Crippen molar-refractivity contribution in [2.75, 3.05) is 0 Å². The largest absolute Gasteiger partial charge is 0.423 e. The Morgan fingerprint density at radius 2 is 1.75 bits per heavy atom. The Kier molecular flexibility index (Phi) is 3.66. The van der Waals surface area contributed by atoms with Crippen LogP contribution >= 0.6 is 0 Å². The molecule has 1 saturated carbocycles. The minimum absolute atomic E-state index is 0.00305. The van der Waals surface area contributed by atoms with Crippen molar-refractivity contribution in [3.8, 4) is 0 Å². The molecule has 0 heterocycles. The summed E-state index contributed by atoms with van der Waals surface area (Å²) in [7, 11) is 0. The van der Waals surface area contributed by atoms with Gasteiger partial charge >= 0.3 is 12.1 Å². The minimum atomic E-state index is -5.51. The van der Waals surface area contributed by atoms with Gasteiger partial charge in [0.05, 0.1) is 0 Å². The van der Waals surface area contributed by atoms with Gasteiger partial charge in [-0.2, -0.15) is 13.2 Å². The van der Waals surface area contributed by atoms with Gasteiger partial charge in [0.15, 0.2) is 0 Å². The van der Waals surface area contributed by atoms with Crippen molar-refractivity contribution in [3.63, 3.8) is 0 Å². The predicted octanol–water partition coefficient (Wildman–Crippen LogP) is 2.90. The van der Waals surface area contributed by atoms with Crippen LogP contribution in [0.15, 0.2) is 12.2 Å². The van der Waals surface area contributed by atoms with Crippen LogP contribution in [0.4, 0.5) is 22.0 Å². The van der Waals surface area contributed by atoms with Crippen molar-refractivity contribution in [2.24, 2.45) is 17.8 Å². The molecule has 2 nitrogen and oxygen atoms in total. The first kappa shape index (κ1) is 15.7. The second-order valence-corrected chi connectivity index (χ2v) is 5.98. The third kappa shape index (κ3) is 2.35. The maximum Gasteiger partial charge on any atom is 0.423 e. The molecule has 20 heavy (non-hydrogen) atoms. The number of alkyl halides is 5. The van der Waals surface area contributed by atoms with E-state index in [1.54, 1.807) is 0 Å². The average molecular weight is 300 g/mol. The van der Waals surface area contributed by atoms with Gasteiger partial charge in [-0.15, -0.1) is 0 Å². The summed E-state index contributed by atoms with van der Waals surface area (Å²) >= 11 is 0. The molecule has 0 aliphatic heterocycles.